The largest absolute Gasteiger partial charge is 0.504 e. The number of nitrogens with one attached hydrogen (secondary N) is 1. The molecule has 100 valence electrons. The van der Waals surface area contributed by atoms with Crippen LogP contribution < -0.4 is 10.1 Å². The van der Waals surface area contributed by atoms with E-state index in [0.29, 0.717) is 16.7 Å². The number of rotatable bonds is 2. The highest BCUT2D eigenvalue weighted by molar-refractivity contribution is 5.56. The van der Waals surface area contributed by atoms with Crippen LogP contribution in [0.2, 0.25) is 0 Å². The zero-order chi connectivity index (χ0) is 13.3. The van der Waals surface area contributed by atoms with Crippen molar-refractivity contribution in [3.05, 3.63) is 22.5 Å². The zero-order valence-electron chi connectivity index (χ0n) is 11.1. The van der Waals surface area contributed by atoms with Crippen LogP contribution in [0.1, 0.15) is 42.0 Å². The smallest absolute Gasteiger partial charge is 0.166 e. The Morgan fingerprint density at radius 1 is 1.28 bits per heavy atom. The second kappa shape index (κ2) is 5.14. The van der Waals surface area contributed by atoms with Gasteiger partial charge in [0.1, 0.15) is 5.82 Å². The van der Waals surface area contributed by atoms with Gasteiger partial charge in [-0.05, 0) is 38.8 Å². The maximum Gasteiger partial charge on any atom is 0.166 e. The van der Waals surface area contributed by atoms with Crippen LogP contribution in [-0.4, -0.2) is 18.8 Å². The van der Waals surface area contributed by atoms with Crippen LogP contribution in [0.4, 0.5) is 4.39 Å². The maximum atomic E-state index is 14.2. The van der Waals surface area contributed by atoms with Gasteiger partial charge in [0, 0.05) is 17.2 Å². The molecule has 0 amide bonds. The minimum Gasteiger partial charge on any atom is -0.504 e. The number of halogens is 1. The van der Waals surface area contributed by atoms with Crippen molar-refractivity contribution in [1.82, 2.24) is 5.32 Å². The second-order valence-electron chi connectivity index (χ2n) is 4.86. The van der Waals surface area contributed by atoms with Crippen molar-refractivity contribution >= 4 is 0 Å². The lowest BCUT2D eigenvalue weighted by atomic mass is 9.91. The van der Waals surface area contributed by atoms with Gasteiger partial charge >= 0.3 is 0 Å². The molecule has 1 aromatic rings. The molecule has 0 aliphatic carbocycles. The standard InChI is InChI=1S/C14H20FNO2/c1-8-11(10-6-4-5-7-16-10)13(17)14(18-3)9(2)12(8)15/h10,16-17H,4-7H2,1-3H3. The van der Waals surface area contributed by atoms with E-state index < -0.39 is 0 Å². The lowest BCUT2D eigenvalue weighted by Gasteiger charge is -2.27. The van der Waals surface area contributed by atoms with Crippen LogP contribution in [0.15, 0.2) is 0 Å². The fourth-order valence-electron chi connectivity index (χ4n) is 2.75. The summed E-state index contributed by atoms with van der Waals surface area (Å²) < 4.78 is 19.3. The van der Waals surface area contributed by atoms with Crippen molar-refractivity contribution < 1.29 is 14.2 Å². The second-order valence-corrected chi connectivity index (χ2v) is 4.86. The Morgan fingerprint density at radius 2 is 2.00 bits per heavy atom. The molecule has 1 atom stereocenters. The SMILES string of the molecule is COc1c(C)c(F)c(C)c(C2CCCCN2)c1O. The Balaban J connectivity index is 2.54. The molecule has 0 aromatic heterocycles. The monoisotopic (exact) mass is 253 g/mol. The molecule has 2 rings (SSSR count). The summed E-state index contributed by atoms with van der Waals surface area (Å²) in [6.45, 7) is 4.24. The molecule has 0 radical (unpaired) electrons. The normalized spacial score (nSPS) is 19.9. The molecule has 1 fully saturated rings. The molecule has 2 N–H and O–H groups in total. The van der Waals surface area contributed by atoms with E-state index in [4.69, 9.17) is 4.74 Å². The van der Waals surface area contributed by atoms with Crippen LogP contribution in [0, 0.1) is 19.7 Å². The number of benzene rings is 1. The molecular formula is C14H20FNO2. The molecule has 18 heavy (non-hydrogen) atoms. The van der Waals surface area contributed by atoms with Crippen molar-refractivity contribution in [3.8, 4) is 11.5 Å². The summed E-state index contributed by atoms with van der Waals surface area (Å²) in [6.07, 6.45) is 3.14. The highest BCUT2D eigenvalue weighted by Gasteiger charge is 2.26. The third kappa shape index (κ3) is 2.05. The lowest BCUT2D eigenvalue weighted by Crippen LogP contribution is -2.27. The molecule has 1 aromatic carbocycles. The summed E-state index contributed by atoms with van der Waals surface area (Å²) in [5, 5.41) is 13.6. The minimum atomic E-state index is -0.285. The Hall–Kier alpha value is -1.29. The van der Waals surface area contributed by atoms with E-state index in [2.05, 4.69) is 5.32 Å². The Labute approximate surface area is 107 Å². The molecule has 1 saturated heterocycles. The van der Waals surface area contributed by atoms with Gasteiger partial charge in [0.05, 0.1) is 7.11 Å². The van der Waals surface area contributed by atoms with E-state index in [0.717, 1.165) is 25.8 Å². The fraction of sp³-hybridized carbons (Fsp3) is 0.571. The van der Waals surface area contributed by atoms with Crippen molar-refractivity contribution in [3.63, 3.8) is 0 Å². The van der Waals surface area contributed by atoms with E-state index in [1.165, 1.54) is 7.11 Å². The van der Waals surface area contributed by atoms with Crippen LogP contribution >= 0.6 is 0 Å². The molecular weight excluding hydrogens is 233 g/mol. The summed E-state index contributed by atoms with van der Waals surface area (Å²) in [5.41, 5.74) is 1.53. The molecule has 1 heterocycles. The first-order valence-corrected chi connectivity index (χ1v) is 6.36. The van der Waals surface area contributed by atoms with Gasteiger partial charge in [0.25, 0.3) is 0 Å². The molecule has 4 heteroatoms. The van der Waals surface area contributed by atoms with E-state index in [9.17, 15) is 9.50 Å². The predicted octanol–water partition coefficient (Wildman–Crippen LogP) is 2.97. The third-order valence-corrected chi connectivity index (χ3v) is 3.74. The number of aromatic hydroxyl groups is 1. The summed E-state index contributed by atoms with van der Waals surface area (Å²) >= 11 is 0. The van der Waals surface area contributed by atoms with E-state index in [1.807, 2.05) is 0 Å². The number of hydrogen-bond donors (Lipinski definition) is 2. The van der Waals surface area contributed by atoms with Crippen LogP contribution in [0.5, 0.6) is 11.5 Å². The number of piperidine rings is 1. The van der Waals surface area contributed by atoms with Gasteiger partial charge in [-0.15, -0.1) is 0 Å². The number of hydrogen-bond acceptors (Lipinski definition) is 3. The average molecular weight is 253 g/mol. The Bertz CT molecular complexity index is 454. The van der Waals surface area contributed by atoms with Crippen molar-refractivity contribution in [1.29, 1.82) is 0 Å². The molecule has 1 unspecified atom stereocenters. The maximum absolute atomic E-state index is 14.2. The Morgan fingerprint density at radius 3 is 2.56 bits per heavy atom. The first-order chi connectivity index (χ1) is 8.57. The first-order valence-electron chi connectivity index (χ1n) is 6.36. The summed E-state index contributed by atoms with van der Waals surface area (Å²) in [7, 11) is 1.45. The van der Waals surface area contributed by atoms with Gasteiger partial charge in [-0.2, -0.15) is 0 Å². The Kier molecular flexibility index (Phi) is 3.76. The summed E-state index contributed by atoms with van der Waals surface area (Å²) in [4.78, 5) is 0. The summed E-state index contributed by atoms with van der Waals surface area (Å²) in [5.74, 6) is 0.0424. The van der Waals surface area contributed by atoms with Crippen LogP contribution in [-0.2, 0) is 0 Å². The van der Waals surface area contributed by atoms with Crippen molar-refractivity contribution in [2.45, 2.75) is 39.2 Å². The van der Waals surface area contributed by atoms with E-state index in [1.54, 1.807) is 13.8 Å². The number of phenols is 1. The molecule has 1 aliphatic rings. The van der Waals surface area contributed by atoms with Gasteiger partial charge in [0.2, 0.25) is 0 Å². The zero-order valence-corrected chi connectivity index (χ0v) is 11.1. The summed E-state index contributed by atoms with van der Waals surface area (Å²) in [6, 6.07) is 0.0164. The first kappa shape index (κ1) is 13.1. The fourth-order valence-corrected chi connectivity index (χ4v) is 2.75. The van der Waals surface area contributed by atoms with Gasteiger partial charge in [-0.25, -0.2) is 4.39 Å². The molecule has 0 bridgehead atoms. The number of methoxy groups -OCH3 is 1. The highest BCUT2D eigenvalue weighted by atomic mass is 19.1. The van der Waals surface area contributed by atoms with Gasteiger partial charge in [0.15, 0.2) is 11.5 Å². The molecule has 0 saturated carbocycles. The lowest BCUT2D eigenvalue weighted by molar-refractivity contribution is 0.347. The number of phenolic OH excluding ortho intramolecular Hbond substituents is 1. The van der Waals surface area contributed by atoms with E-state index in [-0.39, 0.29) is 23.4 Å². The molecule has 0 spiro atoms. The average Bonchev–Trinajstić information content (AvgIpc) is 2.38. The quantitative estimate of drug-likeness (QED) is 0.851. The van der Waals surface area contributed by atoms with E-state index >= 15 is 0 Å². The number of ether oxygens (including phenoxy) is 1. The van der Waals surface area contributed by atoms with Crippen molar-refractivity contribution in [2.75, 3.05) is 13.7 Å². The molecule has 3 nitrogen and oxygen atoms in total. The van der Waals surface area contributed by atoms with Gasteiger partial charge in [-0.3, -0.25) is 0 Å². The van der Waals surface area contributed by atoms with Crippen LogP contribution in [0.25, 0.3) is 0 Å². The third-order valence-electron chi connectivity index (χ3n) is 3.74. The predicted molar refractivity (Wildman–Crippen MR) is 68.7 cm³/mol. The van der Waals surface area contributed by atoms with Gasteiger partial charge in [-0.1, -0.05) is 6.42 Å². The minimum absolute atomic E-state index is 0.0164. The highest BCUT2D eigenvalue weighted by Crippen LogP contribution is 2.42. The molecule has 1 aliphatic heterocycles. The van der Waals surface area contributed by atoms with Crippen molar-refractivity contribution in [2.24, 2.45) is 0 Å². The topological polar surface area (TPSA) is 41.5 Å². The van der Waals surface area contributed by atoms with Gasteiger partial charge < -0.3 is 15.2 Å². The van der Waals surface area contributed by atoms with Crippen LogP contribution in [0.3, 0.4) is 0 Å².